The van der Waals surface area contributed by atoms with Gasteiger partial charge in [-0.05, 0) is 50.3 Å². The Kier molecular flexibility index (Phi) is 5.84. The topological polar surface area (TPSA) is 70.7 Å². The number of nitrogens with one attached hydrogen (secondary N) is 1. The second kappa shape index (κ2) is 8.30. The molecule has 0 aliphatic heterocycles. The molecule has 2 aromatic carbocycles. The Labute approximate surface area is 172 Å². The summed E-state index contributed by atoms with van der Waals surface area (Å²) in [6.07, 6.45) is 1.44. The number of aryl methyl sites for hydroxylation is 2. The van der Waals surface area contributed by atoms with Gasteiger partial charge < -0.3 is 5.32 Å². The highest BCUT2D eigenvalue weighted by molar-refractivity contribution is 6.32. The third-order valence-corrected chi connectivity index (χ3v) is 4.66. The van der Waals surface area contributed by atoms with Crippen LogP contribution in [-0.2, 0) is 4.79 Å². The minimum atomic E-state index is -0.516. The van der Waals surface area contributed by atoms with E-state index in [1.165, 1.54) is 10.8 Å². The number of hydrogen-bond acceptors (Lipinski definition) is 3. The van der Waals surface area contributed by atoms with Crippen molar-refractivity contribution in [3.05, 3.63) is 81.1 Å². The Balaban J connectivity index is 1.93. The Bertz CT molecular complexity index is 1110. The van der Waals surface area contributed by atoms with Gasteiger partial charge in [-0.1, -0.05) is 47.0 Å². The number of carbonyl (C=O) groups is 1. The van der Waals surface area contributed by atoms with Crippen LogP contribution in [0.4, 0.5) is 5.69 Å². The molecule has 3 aromatic rings. The normalized spacial score (nSPS) is 11.2. The molecule has 5 nitrogen and oxygen atoms in total. The lowest BCUT2D eigenvalue weighted by Gasteiger charge is -2.05. The highest BCUT2D eigenvalue weighted by atomic mass is 35.5. The van der Waals surface area contributed by atoms with Gasteiger partial charge in [-0.15, -0.1) is 0 Å². The molecule has 0 spiro atoms. The van der Waals surface area contributed by atoms with Gasteiger partial charge in [0.05, 0.1) is 11.4 Å². The average molecular weight is 411 g/mol. The summed E-state index contributed by atoms with van der Waals surface area (Å²) in [4.78, 5) is 12.5. The Morgan fingerprint density at radius 2 is 1.89 bits per heavy atom. The molecule has 28 heavy (non-hydrogen) atoms. The molecular weight excluding hydrogens is 395 g/mol. The van der Waals surface area contributed by atoms with Crippen LogP contribution in [0.15, 0.2) is 54.1 Å². The predicted octanol–water partition coefficient (Wildman–Crippen LogP) is 5.34. The maximum atomic E-state index is 12.5. The number of benzene rings is 2. The van der Waals surface area contributed by atoms with Crippen molar-refractivity contribution in [2.24, 2.45) is 0 Å². The van der Waals surface area contributed by atoms with Crippen LogP contribution in [0.5, 0.6) is 0 Å². The van der Waals surface area contributed by atoms with E-state index in [2.05, 4.69) is 10.4 Å². The fourth-order valence-corrected chi connectivity index (χ4v) is 3.09. The fourth-order valence-electron chi connectivity index (χ4n) is 2.58. The van der Waals surface area contributed by atoms with E-state index in [0.717, 1.165) is 5.56 Å². The van der Waals surface area contributed by atoms with Crippen molar-refractivity contribution >= 4 is 40.9 Å². The molecule has 1 amide bonds. The molecule has 0 radical (unpaired) electrons. The number of hydrogen-bond donors (Lipinski definition) is 1. The average Bonchev–Trinajstić information content (AvgIpc) is 2.95. The first-order valence-electron chi connectivity index (χ1n) is 8.40. The predicted molar refractivity (Wildman–Crippen MR) is 112 cm³/mol. The molecule has 0 aliphatic rings. The zero-order valence-electron chi connectivity index (χ0n) is 15.2. The van der Waals surface area contributed by atoms with Crippen molar-refractivity contribution in [1.82, 2.24) is 9.78 Å². The number of rotatable bonds is 4. The van der Waals surface area contributed by atoms with Gasteiger partial charge in [0.2, 0.25) is 0 Å². The summed E-state index contributed by atoms with van der Waals surface area (Å²) in [5, 5.41) is 17.4. The second-order valence-electron chi connectivity index (χ2n) is 6.17. The number of aromatic nitrogens is 2. The van der Waals surface area contributed by atoms with Crippen LogP contribution in [-0.4, -0.2) is 15.7 Å². The summed E-state index contributed by atoms with van der Waals surface area (Å²) in [5.41, 5.74) is 3.37. The minimum Gasteiger partial charge on any atom is -0.321 e. The lowest BCUT2D eigenvalue weighted by Crippen LogP contribution is -2.13. The molecule has 1 heterocycles. The van der Waals surface area contributed by atoms with E-state index in [9.17, 15) is 10.1 Å². The lowest BCUT2D eigenvalue weighted by atomic mass is 10.1. The SMILES string of the molecule is Cc1ccc(NC(=O)C(C#N)=Cc2c(C)nn(-c3cccc(Cl)c3)c2Cl)cc1. The van der Waals surface area contributed by atoms with Crippen molar-refractivity contribution in [2.75, 3.05) is 5.32 Å². The van der Waals surface area contributed by atoms with Gasteiger partial charge in [-0.3, -0.25) is 4.79 Å². The van der Waals surface area contributed by atoms with E-state index in [-0.39, 0.29) is 10.7 Å². The molecule has 3 rings (SSSR count). The molecule has 0 bridgehead atoms. The first-order valence-corrected chi connectivity index (χ1v) is 9.15. The van der Waals surface area contributed by atoms with Gasteiger partial charge in [0.15, 0.2) is 0 Å². The summed E-state index contributed by atoms with van der Waals surface area (Å²) in [5.74, 6) is -0.516. The van der Waals surface area contributed by atoms with Crippen molar-refractivity contribution < 1.29 is 4.79 Å². The summed E-state index contributed by atoms with van der Waals surface area (Å²) < 4.78 is 1.52. The van der Waals surface area contributed by atoms with Gasteiger partial charge in [0, 0.05) is 16.3 Å². The number of amides is 1. The van der Waals surface area contributed by atoms with Gasteiger partial charge >= 0.3 is 0 Å². The standard InChI is InChI=1S/C21H16Cl2N4O/c1-13-6-8-17(9-7-13)25-21(28)15(12-24)10-19-14(2)26-27(20(19)23)18-5-3-4-16(22)11-18/h3-11H,1-2H3,(H,25,28). The van der Waals surface area contributed by atoms with Crippen LogP contribution < -0.4 is 5.32 Å². The summed E-state index contributed by atoms with van der Waals surface area (Å²) in [6, 6.07) is 16.3. The number of halogens is 2. The van der Waals surface area contributed by atoms with Crippen molar-refractivity contribution in [1.29, 1.82) is 5.26 Å². The first-order chi connectivity index (χ1) is 13.4. The molecule has 0 unspecified atom stereocenters. The lowest BCUT2D eigenvalue weighted by molar-refractivity contribution is -0.112. The van der Waals surface area contributed by atoms with Gasteiger partial charge in [0.25, 0.3) is 5.91 Å². The van der Waals surface area contributed by atoms with Crippen LogP contribution in [0.3, 0.4) is 0 Å². The smallest absolute Gasteiger partial charge is 0.266 e. The minimum absolute atomic E-state index is 0.0729. The van der Waals surface area contributed by atoms with Crippen molar-refractivity contribution in [2.45, 2.75) is 13.8 Å². The number of nitriles is 1. The van der Waals surface area contributed by atoms with Crippen LogP contribution in [0.25, 0.3) is 11.8 Å². The zero-order valence-corrected chi connectivity index (χ0v) is 16.7. The third kappa shape index (κ3) is 4.25. The van der Waals surface area contributed by atoms with E-state index in [1.54, 1.807) is 37.3 Å². The Morgan fingerprint density at radius 3 is 2.54 bits per heavy atom. The number of carbonyl (C=O) groups excluding carboxylic acids is 1. The number of anilines is 1. The molecule has 1 N–H and O–H groups in total. The van der Waals surface area contributed by atoms with Gasteiger partial charge in [-0.2, -0.15) is 10.4 Å². The van der Waals surface area contributed by atoms with Crippen molar-refractivity contribution in [3.8, 4) is 11.8 Å². The fraction of sp³-hybridized carbons (Fsp3) is 0.0952. The van der Waals surface area contributed by atoms with E-state index < -0.39 is 5.91 Å². The maximum absolute atomic E-state index is 12.5. The van der Waals surface area contributed by atoms with E-state index in [4.69, 9.17) is 23.2 Å². The van der Waals surface area contributed by atoms with Crippen LogP contribution >= 0.6 is 23.2 Å². The largest absolute Gasteiger partial charge is 0.321 e. The molecule has 0 atom stereocenters. The third-order valence-electron chi connectivity index (χ3n) is 4.06. The molecule has 0 saturated heterocycles. The van der Waals surface area contributed by atoms with Crippen LogP contribution in [0, 0.1) is 25.2 Å². The van der Waals surface area contributed by atoms with Crippen LogP contribution in [0.2, 0.25) is 10.2 Å². The molecule has 0 aliphatic carbocycles. The Morgan fingerprint density at radius 1 is 1.18 bits per heavy atom. The van der Waals surface area contributed by atoms with E-state index in [1.807, 2.05) is 31.2 Å². The Hall–Kier alpha value is -3.07. The highest BCUT2D eigenvalue weighted by Gasteiger charge is 2.17. The van der Waals surface area contributed by atoms with E-state index >= 15 is 0 Å². The first kappa shape index (κ1) is 19.7. The molecule has 0 fully saturated rings. The molecule has 1 aromatic heterocycles. The number of nitrogens with zero attached hydrogens (tertiary/aromatic N) is 3. The second-order valence-corrected chi connectivity index (χ2v) is 6.97. The maximum Gasteiger partial charge on any atom is 0.266 e. The zero-order chi connectivity index (χ0) is 20.3. The summed E-state index contributed by atoms with van der Waals surface area (Å²) in [6.45, 7) is 3.71. The van der Waals surface area contributed by atoms with Gasteiger partial charge in [0.1, 0.15) is 16.8 Å². The summed E-state index contributed by atoms with van der Waals surface area (Å²) in [7, 11) is 0. The molecular formula is C21H16Cl2N4O. The quantitative estimate of drug-likeness (QED) is 0.465. The van der Waals surface area contributed by atoms with Crippen LogP contribution in [0.1, 0.15) is 16.8 Å². The van der Waals surface area contributed by atoms with Crippen molar-refractivity contribution in [3.63, 3.8) is 0 Å². The highest BCUT2D eigenvalue weighted by Crippen LogP contribution is 2.27. The molecule has 7 heteroatoms. The van der Waals surface area contributed by atoms with Gasteiger partial charge in [-0.25, -0.2) is 4.68 Å². The molecule has 140 valence electrons. The summed E-state index contributed by atoms with van der Waals surface area (Å²) >= 11 is 12.5. The monoisotopic (exact) mass is 410 g/mol. The molecule has 0 saturated carbocycles. The van der Waals surface area contributed by atoms with E-state index in [0.29, 0.717) is 27.7 Å².